The van der Waals surface area contributed by atoms with E-state index in [-0.39, 0.29) is 12.1 Å². The molecule has 0 N–H and O–H groups in total. The molecule has 2 aliphatic rings. The Morgan fingerprint density at radius 1 is 1.22 bits per heavy atom. The van der Waals surface area contributed by atoms with Gasteiger partial charge < -0.3 is 14.5 Å². The molecule has 0 radical (unpaired) electrons. The zero-order valence-electron chi connectivity index (χ0n) is 13.1. The van der Waals surface area contributed by atoms with Gasteiger partial charge in [0.15, 0.2) is 11.5 Å². The summed E-state index contributed by atoms with van der Waals surface area (Å²) in [7, 11) is 1.67. The Balaban J connectivity index is 1.74. The van der Waals surface area contributed by atoms with Gasteiger partial charge in [0.1, 0.15) is 0 Å². The van der Waals surface area contributed by atoms with Crippen LogP contribution in [0.15, 0.2) is 12.1 Å². The fraction of sp³-hybridized carbons (Fsp3) is 0.733. The van der Waals surface area contributed by atoms with Crippen LogP contribution in [0.3, 0.4) is 0 Å². The molecule has 0 spiro atoms. The molecule has 0 saturated carbocycles. The summed E-state index contributed by atoms with van der Waals surface area (Å²) in [5, 5.41) is 7.14. The Bertz CT molecular complexity index is 516. The molecule has 8 heteroatoms. The maximum Gasteiger partial charge on any atom is 0.435 e. The van der Waals surface area contributed by atoms with Crippen molar-refractivity contribution in [2.75, 3.05) is 38.2 Å². The highest BCUT2D eigenvalue weighted by Crippen LogP contribution is 2.30. The first-order chi connectivity index (χ1) is 11.0. The lowest BCUT2D eigenvalue weighted by molar-refractivity contribution is -0.141. The molecule has 1 aromatic rings. The van der Waals surface area contributed by atoms with E-state index < -0.39 is 11.9 Å². The van der Waals surface area contributed by atoms with Crippen molar-refractivity contribution in [3.05, 3.63) is 17.8 Å². The molecule has 2 saturated heterocycles. The number of rotatable bonds is 4. The van der Waals surface area contributed by atoms with E-state index >= 15 is 0 Å². The van der Waals surface area contributed by atoms with Gasteiger partial charge >= 0.3 is 6.18 Å². The third-order valence-corrected chi connectivity index (χ3v) is 4.61. The highest BCUT2D eigenvalue weighted by molar-refractivity contribution is 5.41. The molecule has 2 atom stereocenters. The van der Waals surface area contributed by atoms with E-state index in [9.17, 15) is 13.2 Å². The molecular formula is C15H21F3N4O. The summed E-state index contributed by atoms with van der Waals surface area (Å²) in [6.07, 6.45) is -1.11. The molecule has 0 bridgehead atoms. The third-order valence-electron chi connectivity index (χ3n) is 4.61. The predicted octanol–water partition coefficient (Wildman–Crippen LogP) is 2.18. The highest BCUT2D eigenvalue weighted by atomic mass is 19.4. The number of nitrogens with zero attached hydrogens (tertiary/aromatic N) is 4. The van der Waals surface area contributed by atoms with E-state index in [0.29, 0.717) is 12.4 Å². The maximum atomic E-state index is 12.6. The molecule has 3 heterocycles. The zero-order valence-corrected chi connectivity index (χ0v) is 13.1. The van der Waals surface area contributed by atoms with Gasteiger partial charge in [0.2, 0.25) is 0 Å². The molecule has 23 heavy (non-hydrogen) atoms. The number of hydrogen-bond donors (Lipinski definition) is 0. The number of halogens is 3. The molecule has 0 aliphatic carbocycles. The minimum atomic E-state index is -4.46. The molecule has 128 valence electrons. The van der Waals surface area contributed by atoms with Crippen molar-refractivity contribution >= 4 is 5.82 Å². The van der Waals surface area contributed by atoms with Crippen LogP contribution in [0.2, 0.25) is 0 Å². The second kappa shape index (κ2) is 6.60. The maximum absolute atomic E-state index is 12.6. The standard InChI is InChI=1S/C15H21F3N4O/c1-23-12-8-11(9-21-6-2-3-7-21)22(10-12)14-5-4-13(19-20-14)15(16,17)18/h4-5,11-12H,2-3,6-10H2,1H3/t11-,12-/m0/s1. The lowest BCUT2D eigenvalue weighted by Gasteiger charge is -2.28. The SMILES string of the molecule is CO[C@H]1C[C@@H](CN2CCCC2)N(c2ccc(C(F)(F)F)nn2)C1. The van der Waals surface area contributed by atoms with E-state index in [1.54, 1.807) is 7.11 Å². The van der Waals surface area contributed by atoms with Gasteiger partial charge in [-0.25, -0.2) is 0 Å². The second-order valence-electron chi connectivity index (χ2n) is 6.18. The first-order valence-electron chi connectivity index (χ1n) is 7.90. The number of aromatic nitrogens is 2. The Morgan fingerprint density at radius 3 is 2.52 bits per heavy atom. The van der Waals surface area contributed by atoms with Crippen LogP contribution in [-0.2, 0) is 10.9 Å². The fourth-order valence-electron chi connectivity index (χ4n) is 3.39. The summed E-state index contributed by atoms with van der Waals surface area (Å²) < 4.78 is 43.3. The number of ether oxygens (including phenoxy) is 1. The van der Waals surface area contributed by atoms with Crippen molar-refractivity contribution in [1.82, 2.24) is 15.1 Å². The number of hydrogen-bond acceptors (Lipinski definition) is 5. The summed E-state index contributed by atoms with van der Waals surface area (Å²) >= 11 is 0. The predicted molar refractivity (Wildman–Crippen MR) is 79.3 cm³/mol. The van der Waals surface area contributed by atoms with Crippen LogP contribution in [0.5, 0.6) is 0 Å². The van der Waals surface area contributed by atoms with E-state index in [2.05, 4.69) is 15.1 Å². The van der Waals surface area contributed by atoms with E-state index in [0.717, 1.165) is 32.1 Å². The summed E-state index contributed by atoms with van der Waals surface area (Å²) in [5.41, 5.74) is -0.958. The van der Waals surface area contributed by atoms with Crippen LogP contribution in [0.25, 0.3) is 0 Å². The summed E-state index contributed by atoms with van der Waals surface area (Å²) in [5.74, 6) is 0.488. The van der Waals surface area contributed by atoms with Gasteiger partial charge in [-0.1, -0.05) is 0 Å². The lowest BCUT2D eigenvalue weighted by atomic mass is 10.2. The number of methoxy groups -OCH3 is 1. The Hall–Kier alpha value is -1.41. The van der Waals surface area contributed by atoms with Gasteiger partial charge in [-0.05, 0) is 44.5 Å². The molecule has 0 amide bonds. The van der Waals surface area contributed by atoms with Gasteiger partial charge in [-0.3, -0.25) is 0 Å². The van der Waals surface area contributed by atoms with Crippen molar-refractivity contribution in [3.8, 4) is 0 Å². The van der Waals surface area contributed by atoms with Crippen molar-refractivity contribution in [1.29, 1.82) is 0 Å². The summed E-state index contributed by atoms with van der Waals surface area (Å²) in [6, 6.07) is 2.60. The topological polar surface area (TPSA) is 41.5 Å². The normalized spacial score (nSPS) is 26.2. The molecule has 3 rings (SSSR count). The Kier molecular flexibility index (Phi) is 4.72. The van der Waals surface area contributed by atoms with Crippen LogP contribution in [0.1, 0.15) is 25.0 Å². The van der Waals surface area contributed by atoms with Gasteiger partial charge in [0.05, 0.1) is 6.10 Å². The smallest absolute Gasteiger partial charge is 0.380 e. The monoisotopic (exact) mass is 330 g/mol. The van der Waals surface area contributed by atoms with E-state index in [1.807, 2.05) is 4.90 Å². The Labute approximate surface area is 133 Å². The minimum absolute atomic E-state index is 0.0756. The number of alkyl halides is 3. The second-order valence-corrected chi connectivity index (χ2v) is 6.18. The average molecular weight is 330 g/mol. The van der Waals surface area contributed by atoms with Crippen molar-refractivity contribution < 1.29 is 17.9 Å². The van der Waals surface area contributed by atoms with Crippen molar-refractivity contribution in [2.45, 2.75) is 37.6 Å². The van der Waals surface area contributed by atoms with Gasteiger partial charge in [-0.2, -0.15) is 13.2 Å². The van der Waals surface area contributed by atoms with E-state index in [4.69, 9.17) is 4.74 Å². The van der Waals surface area contributed by atoms with Crippen LogP contribution >= 0.6 is 0 Å². The van der Waals surface area contributed by atoms with Crippen LogP contribution < -0.4 is 4.90 Å². The molecule has 5 nitrogen and oxygen atoms in total. The Morgan fingerprint density at radius 2 is 1.96 bits per heavy atom. The lowest BCUT2D eigenvalue weighted by Crippen LogP contribution is -2.40. The summed E-state index contributed by atoms with van der Waals surface area (Å²) in [4.78, 5) is 4.42. The zero-order chi connectivity index (χ0) is 16.4. The largest absolute Gasteiger partial charge is 0.435 e. The van der Waals surface area contributed by atoms with Gasteiger partial charge in [0, 0.05) is 26.2 Å². The third kappa shape index (κ3) is 3.74. The van der Waals surface area contributed by atoms with Crippen LogP contribution in [0.4, 0.5) is 19.0 Å². The molecule has 0 unspecified atom stereocenters. The van der Waals surface area contributed by atoms with E-state index in [1.165, 1.54) is 18.9 Å². The number of likely N-dealkylation sites (tertiary alicyclic amines) is 1. The minimum Gasteiger partial charge on any atom is -0.380 e. The molecule has 2 fully saturated rings. The van der Waals surface area contributed by atoms with Crippen molar-refractivity contribution in [2.24, 2.45) is 0 Å². The van der Waals surface area contributed by atoms with Crippen LogP contribution in [-0.4, -0.2) is 60.5 Å². The van der Waals surface area contributed by atoms with Crippen molar-refractivity contribution in [3.63, 3.8) is 0 Å². The summed E-state index contributed by atoms with van der Waals surface area (Å²) in [6.45, 7) is 3.69. The molecule has 2 aliphatic heterocycles. The molecule has 0 aromatic carbocycles. The molecular weight excluding hydrogens is 309 g/mol. The van der Waals surface area contributed by atoms with Gasteiger partial charge in [-0.15, -0.1) is 10.2 Å². The first-order valence-corrected chi connectivity index (χ1v) is 7.90. The first kappa shape index (κ1) is 16.4. The van der Waals surface area contributed by atoms with Gasteiger partial charge in [0.25, 0.3) is 0 Å². The fourth-order valence-corrected chi connectivity index (χ4v) is 3.39. The van der Waals surface area contributed by atoms with Crippen LogP contribution in [0, 0.1) is 0 Å². The molecule has 1 aromatic heterocycles. The quantitative estimate of drug-likeness (QED) is 0.846. The number of anilines is 1. The highest BCUT2D eigenvalue weighted by Gasteiger charge is 2.36. The average Bonchev–Trinajstić information content (AvgIpc) is 3.16.